The lowest BCUT2D eigenvalue weighted by molar-refractivity contribution is 0.794. The first-order chi connectivity index (χ1) is 54.3. The standard InChI is InChI=1S/C110H106/c1-9-17-29-67-41-49-71(50-42-67)95-91-65-93-94(66-92(91)96(72-51-43-68(44-52-72)30-18-10-2)108-88-62-58-84-100-80(34-22-14-6)76-38-26-25-37-75(76)79(33-21-13-5)99(100)83-57-61-87(107(95)108)105(88)103(83)84)98(74-55-47-70(48-56-74)32-20-12-4)110-90-64-60-86-102-82(36-24-16-8)78-40-28-27-39-77(78)81(35-23-15-7)101(102)85-59-63-89(106(90)104(85)86)109(110)97(93)73-53-45-69(46-54-73)31-19-11-3/h25-28,37-66H,9-24,29-36H2,1-8H3. The molecule has 0 saturated carbocycles. The highest BCUT2D eigenvalue weighted by Crippen LogP contribution is 2.67. The minimum Gasteiger partial charge on any atom is -0.0654 e. The number of aryl methyl sites for hydroxylation is 8. The lowest BCUT2D eigenvalue weighted by Gasteiger charge is -2.25. The molecule has 0 N–H and O–H groups in total. The molecular formula is C110H106. The number of hydrogen-bond acceptors (Lipinski definition) is 0. The van der Waals surface area contributed by atoms with Crippen LogP contribution in [-0.4, -0.2) is 0 Å². The molecule has 0 spiro atoms. The second-order valence-corrected chi connectivity index (χ2v) is 33.2. The monoisotopic (exact) mass is 1430 g/mol. The van der Waals surface area contributed by atoms with E-state index in [9.17, 15) is 0 Å². The number of hydrogen-bond donors (Lipinski definition) is 0. The fourth-order valence-corrected chi connectivity index (χ4v) is 21.1. The summed E-state index contributed by atoms with van der Waals surface area (Å²) in [5.41, 5.74) is 45.1. The van der Waals surface area contributed by atoms with E-state index in [1.165, 1.54) is 320 Å². The molecule has 546 valence electrons. The van der Waals surface area contributed by atoms with E-state index in [0.717, 1.165) is 77.0 Å². The van der Waals surface area contributed by atoms with E-state index in [1.54, 1.807) is 0 Å². The molecule has 0 unspecified atom stereocenters. The summed E-state index contributed by atoms with van der Waals surface area (Å²) in [6, 6.07) is 85.3. The summed E-state index contributed by atoms with van der Waals surface area (Å²) in [4.78, 5) is 0. The summed E-state index contributed by atoms with van der Waals surface area (Å²) in [7, 11) is 0. The molecule has 0 bridgehead atoms. The van der Waals surface area contributed by atoms with Gasteiger partial charge in [0.2, 0.25) is 0 Å². The van der Waals surface area contributed by atoms with Gasteiger partial charge in [-0.2, -0.15) is 0 Å². The zero-order valence-corrected chi connectivity index (χ0v) is 66.6. The second-order valence-electron chi connectivity index (χ2n) is 33.2. The van der Waals surface area contributed by atoms with Gasteiger partial charge in [-0.15, -0.1) is 0 Å². The molecule has 0 saturated heterocycles. The van der Waals surface area contributed by atoms with Crippen molar-refractivity contribution in [3.63, 3.8) is 0 Å². The van der Waals surface area contributed by atoms with Gasteiger partial charge in [0.25, 0.3) is 0 Å². The van der Waals surface area contributed by atoms with Gasteiger partial charge in [-0.05, 0) is 358 Å². The first kappa shape index (κ1) is 70.3. The SMILES string of the molecule is CCCCc1ccc(-c2c3c(c(-c4ccc(CCCC)cc4)c4cc5c(-c6ccc(CCCC)cc6)c6c(c(-c7ccc(CCCC)cc7)c5cc24)-c2ccc4c5c(ccc-6c25)-c2c-4c(CCCC)c4ccccc4c2CCCC)-c2ccc4c5c(ccc-3c25)-c2c-4c(CCCC)c3ccccc3c2CCCC)cc1. The lowest BCUT2D eigenvalue weighted by Crippen LogP contribution is -1.99. The quantitative estimate of drug-likeness (QED) is 0.0429. The summed E-state index contributed by atoms with van der Waals surface area (Å²) in [5, 5.41) is 16.8. The fraction of sp³-hybridized carbons (Fsp3) is 0.291. The molecule has 0 aromatic heterocycles. The second kappa shape index (κ2) is 29.3. The third-order valence-electron chi connectivity index (χ3n) is 26.4. The van der Waals surface area contributed by atoms with Crippen molar-refractivity contribution in [2.45, 2.75) is 209 Å². The average Bonchev–Trinajstić information content (AvgIpc) is 1.50. The Balaban J connectivity index is 0.977. The van der Waals surface area contributed by atoms with Crippen LogP contribution in [0.4, 0.5) is 0 Å². The van der Waals surface area contributed by atoms with Crippen LogP contribution in [0.5, 0.6) is 0 Å². The number of rotatable bonds is 28. The predicted molar refractivity (Wildman–Crippen MR) is 480 cm³/mol. The van der Waals surface area contributed by atoms with Crippen molar-refractivity contribution in [2.24, 2.45) is 0 Å². The molecule has 110 heavy (non-hydrogen) atoms. The van der Waals surface area contributed by atoms with Crippen LogP contribution in [0, 0.1) is 0 Å². The van der Waals surface area contributed by atoms with E-state index in [0.29, 0.717) is 0 Å². The molecule has 0 heteroatoms. The topological polar surface area (TPSA) is 0 Å². The van der Waals surface area contributed by atoms with Crippen molar-refractivity contribution < 1.29 is 0 Å². The Kier molecular flexibility index (Phi) is 18.7. The van der Waals surface area contributed by atoms with Crippen LogP contribution in [0.25, 0.3) is 198 Å². The number of fused-ring (bicyclic) bond motifs is 16. The summed E-state index contributed by atoms with van der Waals surface area (Å²) in [6.45, 7) is 18.8. The van der Waals surface area contributed by atoms with Crippen LogP contribution in [0.15, 0.2) is 206 Å². The first-order valence-electron chi connectivity index (χ1n) is 43.2. The van der Waals surface area contributed by atoms with E-state index in [2.05, 4.69) is 262 Å². The van der Waals surface area contributed by atoms with Crippen LogP contribution in [-0.2, 0) is 51.4 Å². The smallest absolute Gasteiger partial charge is 0.000740 e. The van der Waals surface area contributed by atoms with Gasteiger partial charge in [0.05, 0.1) is 0 Å². The van der Waals surface area contributed by atoms with E-state index >= 15 is 0 Å². The molecule has 0 heterocycles. The minimum atomic E-state index is 1.07. The van der Waals surface area contributed by atoms with Crippen LogP contribution < -0.4 is 0 Å². The molecule has 0 amide bonds. The molecule has 0 radical (unpaired) electrons. The highest BCUT2D eigenvalue weighted by molar-refractivity contribution is 6.37. The predicted octanol–water partition coefficient (Wildman–Crippen LogP) is 32.6. The highest BCUT2D eigenvalue weighted by atomic mass is 14.4. The van der Waals surface area contributed by atoms with Crippen LogP contribution >= 0.6 is 0 Å². The van der Waals surface area contributed by atoms with E-state index < -0.39 is 0 Å². The van der Waals surface area contributed by atoms with Crippen LogP contribution in [0.2, 0.25) is 0 Å². The van der Waals surface area contributed by atoms with Gasteiger partial charge in [0, 0.05) is 0 Å². The maximum absolute atomic E-state index is 2.77. The summed E-state index contributed by atoms with van der Waals surface area (Å²) >= 11 is 0. The third kappa shape index (κ3) is 11.1. The van der Waals surface area contributed by atoms with E-state index in [-0.39, 0.29) is 0 Å². The van der Waals surface area contributed by atoms with Gasteiger partial charge < -0.3 is 0 Å². The van der Waals surface area contributed by atoms with E-state index in [1.807, 2.05) is 0 Å². The molecule has 15 aromatic rings. The van der Waals surface area contributed by atoms with Crippen molar-refractivity contribution in [1.29, 1.82) is 0 Å². The Morgan fingerprint density at radius 2 is 0.345 bits per heavy atom. The molecule has 0 nitrogen and oxygen atoms in total. The number of unbranched alkanes of at least 4 members (excludes halogenated alkanes) is 8. The Morgan fingerprint density at radius 1 is 0.164 bits per heavy atom. The maximum Gasteiger partial charge on any atom is -0.000740 e. The van der Waals surface area contributed by atoms with Gasteiger partial charge in [-0.1, -0.05) is 301 Å². The molecule has 19 rings (SSSR count). The summed E-state index contributed by atoms with van der Waals surface area (Å²) < 4.78 is 0. The minimum absolute atomic E-state index is 1.07. The largest absolute Gasteiger partial charge is 0.0654 e. The van der Waals surface area contributed by atoms with Gasteiger partial charge in [-0.3, -0.25) is 0 Å². The molecule has 0 atom stereocenters. The lowest BCUT2D eigenvalue weighted by atomic mass is 9.78. The average molecular weight is 1430 g/mol. The number of benzene rings is 15. The van der Waals surface area contributed by atoms with Gasteiger partial charge in [-0.25, -0.2) is 0 Å². The summed E-state index contributed by atoms with van der Waals surface area (Å²) in [6.07, 6.45) is 27.3. The van der Waals surface area contributed by atoms with E-state index in [4.69, 9.17) is 0 Å². The van der Waals surface area contributed by atoms with Crippen molar-refractivity contribution >= 4 is 64.6 Å². The van der Waals surface area contributed by atoms with Crippen molar-refractivity contribution in [2.75, 3.05) is 0 Å². The van der Waals surface area contributed by atoms with Crippen molar-refractivity contribution in [3.8, 4) is 134 Å². The zero-order chi connectivity index (χ0) is 74.4. The fourth-order valence-electron chi connectivity index (χ4n) is 21.1. The van der Waals surface area contributed by atoms with Gasteiger partial charge in [0.15, 0.2) is 0 Å². The van der Waals surface area contributed by atoms with Crippen molar-refractivity contribution in [3.05, 3.63) is 251 Å². The maximum atomic E-state index is 2.77. The molecule has 15 aromatic carbocycles. The first-order valence-corrected chi connectivity index (χ1v) is 43.2. The molecular weight excluding hydrogens is 1320 g/mol. The molecule has 4 aliphatic carbocycles. The molecule has 0 fully saturated rings. The normalized spacial score (nSPS) is 12.5. The molecule has 4 aliphatic rings. The molecule has 0 aliphatic heterocycles. The third-order valence-corrected chi connectivity index (χ3v) is 26.4. The van der Waals surface area contributed by atoms with Crippen LogP contribution in [0.1, 0.15) is 203 Å². The Labute approximate surface area is 654 Å². The summed E-state index contributed by atoms with van der Waals surface area (Å²) in [5.74, 6) is 0. The van der Waals surface area contributed by atoms with Crippen molar-refractivity contribution in [1.82, 2.24) is 0 Å². The van der Waals surface area contributed by atoms with Crippen LogP contribution in [0.3, 0.4) is 0 Å². The van der Waals surface area contributed by atoms with Gasteiger partial charge in [0.1, 0.15) is 0 Å². The zero-order valence-electron chi connectivity index (χ0n) is 66.6. The Bertz CT molecular complexity index is 5440. The Hall–Kier alpha value is -10.1. The van der Waals surface area contributed by atoms with Gasteiger partial charge >= 0.3 is 0 Å². The Morgan fingerprint density at radius 3 is 0.536 bits per heavy atom. The highest BCUT2D eigenvalue weighted by Gasteiger charge is 2.40.